The summed E-state index contributed by atoms with van der Waals surface area (Å²) in [4.78, 5) is 23.9. The van der Waals surface area contributed by atoms with E-state index in [2.05, 4.69) is 17.2 Å². The lowest BCUT2D eigenvalue weighted by Gasteiger charge is -2.10. The lowest BCUT2D eigenvalue weighted by atomic mass is 10.4. The Hall–Kier alpha value is -1.69. The summed E-state index contributed by atoms with van der Waals surface area (Å²) in [6.07, 6.45) is 3.11. The van der Waals surface area contributed by atoms with E-state index in [-0.39, 0.29) is 11.2 Å². The molecular formula is C12H16N2O3S. The number of hydrogen-bond donors (Lipinski definition) is 2. The molecular weight excluding hydrogens is 252 g/mol. The van der Waals surface area contributed by atoms with Gasteiger partial charge in [-0.3, -0.25) is 10.1 Å². The first-order chi connectivity index (χ1) is 8.54. The molecule has 1 aromatic heterocycles. The van der Waals surface area contributed by atoms with Crippen LogP contribution in [0.25, 0.3) is 0 Å². The van der Waals surface area contributed by atoms with E-state index < -0.39 is 6.03 Å². The summed E-state index contributed by atoms with van der Waals surface area (Å²) in [6.45, 7) is 7.34. The first kappa shape index (κ1) is 14.4. The Kier molecular flexibility index (Phi) is 5.51. The Morgan fingerprint density at radius 2 is 2.33 bits per heavy atom. The predicted molar refractivity (Wildman–Crippen MR) is 70.5 cm³/mol. The van der Waals surface area contributed by atoms with Crippen molar-refractivity contribution < 1.29 is 14.0 Å². The van der Waals surface area contributed by atoms with Crippen molar-refractivity contribution >= 4 is 23.7 Å². The summed E-state index contributed by atoms with van der Waals surface area (Å²) >= 11 is 1.34. The van der Waals surface area contributed by atoms with Crippen LogP contribution >= 0.6 is 11.8 Å². The van der Waals surface area contributed by atoms with Gasteiger partial charge in [0.05, 0.1) is 11.5 Å². The monoisotopic (exact) mass is 268 g/mol. The normalized spacial score (nSPS) is 11.7. The third-order valence-electron chi connectivity index (χ3n) is 2.13. The molecule has 98 valence electrons. The van der Waals surface area contributed by atoms with Crippen LogP contribution in [0.2, 0.25) is 0 Å². The molecule has 0 spiro atoms. The quantitative estimate of drug-likeness (QED) is 0.633. The van der Waals surface area contributed by atoms with E-state index in [1.54, 1.807) is 19.3 Å². The van der Waals surface area contributed by atoms with Gasteiger partial charge in [-0.05, 0) is 19.9 Å². The highest BCUT2D eigenvalue weighted by atomic mass is 32.2. The molecule has 5 nitrogen and oxygen atoms in total. The largest absolute Gasteiger partial charge is 0.468 e. The summed E-state index contributed by atoms with van der Waals surface area (Å²) in [5.41, 5.74) is 0. The van der Waals surface area contributed by atoms with E-state index in [0.717, 1.165) is 10.7 Å². The minimum Gasteiger partial charge on any atom is -0.468 e. The van der Waals surface area contributed by atoms with Crippen molar-refractivity contribution in [3.8, 4) is 0 Å². The molecule has 1 atom stereocenters. The molecule has 2 N–H and O–H groups in total. The molecule has 1 heterocycles. The number of nitrogens with one attached hydrogen (secondary N) is 2. The van der Waals surface area contributed by atoms with Crippen LogP contribution < -0.4 is 10.6 Å². The zero-order valence-electron chi connectivity index (χ0n) is 10.4. The minimum atomic E-state index is -0.517. The summed E-state index contributed by atoms with van der Waals surface area (Å²) < 4.78 is 5.14. The third-order valence-corrected chi connectivity index (χ3v) is 3.37. The number of amides is 3. The lowest BCUT2D eigenvalue weighted by molar-refractivity contribution is -0.119. The maximum absolute atomic E-state index is 11.7. The Morgan fingerprint density at radius 3 is 2.89 bits per heavy atom. The first-order valence-electron chi connectivity index (χ1n) is 5.45. The summed E-state index contributed by atoms with van der Waals surface area (Å²) in [5.74, 6) is 0.415. The van der Waals surface area contributed by atoms with Crippen molar-refractivity contribution in [2.45, 2.75) is 24.0 Å². The van der Waals surface area contributed by atoms with Crippen molar-refractivity contribution in [2.75, 3.05) is 6.54 Å². The van der Waals surface area contributed by atoms with E-state index in [4.69, 9.17) is 4.42 Å². The highest BCUT2D eigenvalue weighted by molar-refractivity contribution is 8.00. The van der Waals surface area contributed by atoms with Gasteiger partial charge in [0.25, 0.3) is 0 Å². The molecule has 0 fully saturated rings. The zero-order valence-corrected chi connectivity index (χ0v) is 11.2. The maximum Gasteiger partial charge on any atom is 0.321 e. The Labute approximate surface area is 110 Å². The average molecular weight is 268 g/mol. The molecule has 1 aromatic rings. The number of furan rings is 1. The van der Waals surface area contributed by atoms with Gasteiger partial charge in [0.1, 0.15) is 5.76 Å². The van der Waals surface area contributed by atoms with Crippen molar-refractivity contribution in [3.63, 3.8) is 0 Å². The zero-order chi connectivity index (χ0) is 13.5. The second kappa shape index (κ2) is 6.90. The van der Waals surface area contributed by atoms with E-state index in [9.17, 15) is 9.59 Å². The molecule has 1 unspecified atom stereocenters. The van der Waals surface area contributed by atoms with Gasteiger partial charge < -0.3 is 9.73 Å². The molecule has 3 amide bonds. The van der Waals surface area contributed by atoms with E-state index in [1.165, 1.54) is 17.8 Å². The van der Waals surface area contributed by atoms with Gasteiger partial charge in [0.2, 0.25) is 5.91 Å². The molecule has 1 rings (SSSR count). The molecule has 18 heavy (non-hydrogen) atoms. The summed E-state index contributed by atoms with van der Waals surface area (Å²) in [5, 5.41) is 4.35. The third kappa shape index (κ3) is 4.29. The lowest BCUT2D eigenvalue weighted by Crippen LogP contribution is -2.42. The van der Waals surface area contributed by atoms with Gasteiger partial charge in [0, 0.05) is 11.4 Å². The summed E-state index contributed by atoms with van der Waals surface area (Å²) in [6, 6.07) is 1.28. The van der Waals surface area contributed by atoms with Crippen LogP contribution in [-0.2, 0) is 4.79 Å². The number of rotatable bonds is 5. The summed E-state index contributed by atoms with van der Waals surface area (Å²) in [7, 11) is 0. The molecule has 0 aromatic carbocycles. The highest BCUT2D eigenvalue weighted by Crippen LogP contribution is 2.27. The number of thioether (sulfide) groups is 1. The van der Waals surface area contributed by atoms with E-state index in [1.807, 2.05) is 6.92 Å². The molecule has 0 bridgehead atoms. The molecule has 0 aliphatic heterocycles. The number of carbonyl (C=O) groups excluding carboxylic acids is 2. The molecule has 0 saturated heterocycles. The second-order valence-electron chi connectivity index (χ2n) is 3.59. The van der Waals surface area contributed by atoms with Gasteiger partial charge in [-0.1, -0.05) is 6.08 Å². The molecule has 0 saturated carbocycles. The van der Waals surface area contributed by atoms with Gasteiger partial charge in [-0.15, -0.1) is 18.3 Å². The smallest absolute Gasteiger partial charge is 0.321 e. The van der Waals surface area contributed by atoms with Crippen LogP contribution in [0.1, 0.15) is 12.7 Å². The standard InChI is InChI=1S/C12H16N2O3S/c1-4-6-13-12(16)14-11(15)9(3)18-10-5-7-17-8(10)2/h4-5,7,9H,1,6H2,2-3H3,(H2,13,14,15,16). The fourth-order valence-corrected chi connectivity index (χ4v) is 2.06. The molecule has 0 aliphatic rings. The molecule has 0 aliphatic carbocycles. The van der Waals surface area contributed by atoms with Crippen molar-refractivity contribution in [1.29, 1.82) is 0 Å². The molecule has 0 radical (unpaired) electrons. The van der Waals surface area contributed by atoms with E-state index in [0.29, 0.717) is 6.54 Å². The molecule has 6 heteroatoms. The number of carbonyl (C=O) groups is 2. The fraction of sp³-hybridized carbons (Fsp3) is 0.333. The van der Waals surface area contributed by atoms with Gasteiger partial charge in [0.15, 0.2) is 0 Å². The number of urea groups is 1. The van der Waals surface area contributed by atoms with Crippen LogP contribution in [-0.4, -0.2) is 23.7 Å². The average Bonchev–Trinajstić information content (AvgIpc) is 2.72. The SMILES string of the molecule is C=CCNC(=O)NC(=O)C(C)Sc1ccoc1C. The fourth-order valence-electron chi connectivity index (χ4n) is 1.16. The Morgan fingerprint density at radius 1 is 1.61 bits per heavy atom. The Balaban J connectivity index is 2.44. The first-order valence-corrected chi connectivity index (χ1v) is 6.33. The van der Waals surface area contributed by atoms with Crippen molar-refractivity contribution in [3.05, 3.63) is 30.7 Å². The number of aryl methyl sites for hydroxylation is 1. The van der Waals surface area contributed by atoms with Crippen LogP contribution in [0, 0.1) is 6.92 Å². The van der Waals surface area contributed by atoms with Crippen LogP contribution in [0.3, 0.4) is 0 Å². The van der Waals surface area contributed by atoms with Crippen molar-refractivity contribution in [2.24, 2.45) is 0 Å². The van der Waals surface area contributed by atoms with E-state index >= 15 is 0 Å². The van der Waals surface area contributed by atoms with Gasteiger partial charge in [-0.2, -0.15) is 0 Å². The highest BCUT2D eigenvalue weighted by Gasteiger charge is 2.18. The van der Waals surface area contributed by atoms with Crippen LogP contribution in [0.5, 0.6) is 0 Å². The predicted octanol–water partition coefficient (Wildman–Crippen LogP) is 2.08. The van der Waals surface area contributed by atoms with Gasteiger partial charge in [-0.25, -0.2) is 4.79 Å². The second-order valence-corrected chi connectivity index (χ2v) is 4.97. The van der Waals surface area contributed by atoms with Crippen LogP contribution in [0.4, 0.5) is 4.79 Å². The van der Waals surface area contributed by atoms with Gasteiger partial charge >= 0.3 is 6.03 Å². The number of hydrogen-bond acceptors (Lipinski definition) is 4. The maximum atomic E-state index is 11.7. The van der Waals surface area contributed by atoms with Crippen molar-refractivity contribution in [1.82, 2.24) is 10.6 Å². The van der Waals surface area contributed by atoms with Crippen LogP contribution in [0.15, 0.2) is 34.3 Å². The Bertz CT molecular complexity index is 442. The number of imide groups is 1. The minimum absolute atomic E-state index is 0.321. The topological polar surface area (TPSA) is 71.3 Å².